The Morgan fingerprint density at radius 2 is 2.12 bits per heavy atom. The summed E-state index contributed by atoms with van der Waals surface area (Å²) < 4.78 is 5.33. The average Bonchev–Trinajstić information content (AvgIpc) is 2.95. The molecule has 7 heteroatoms. The number of hydrogen-bond donors (Lipinski definition) is 1. The van der Waals surface area contributed by atoms with Gasteiger partial charge in [-0.25, -0.2) is 4.79 Å². The highest BCUT2D eigenvalue weighted by molar-refractivity contribution is 7.15. The molecular formula is C19H26N4O2S. The van der Waals surface area contributed by atoms with Crippen molar-refractivity contribution < 1.29 is 9.53 Å². The molecule has 1 aromatic carbocycles. The zero-order valence-electron chi connectivity index (χ0n) is 15.2. The predicted molar refractivity (Wildman–Crippen MR) is 104 cm³/mol. The van der Waals surface area contributed by atoms with Gasteiger partial charge in [-0.15, -0.1) is 10.2 Å². The molecule has 2 aromatic rings. The zero-order chi connectivity index (χ0) is 18.2. The standard InChI is InChI=1S/C19H26N4O2S/c1-2-25-14-11-17-21-22-18(26-17)20-19(24)23-12-6-9-16(10-13-23)15-7-4-3-5-8-15/h3-5,7-8,16H,2,6,9-14H2,1H3,(H,20,22,24). The van der Waals surface area contributed by atoms with Gasteiger partial charge in [0.1, 0.15) is 5.01 Å². The van der Waals surface area contributed by atoms with E-state index in [2.05, 4.69) is 39.8 Å². The number of aromatic nitrogens is 2. The molecule has 1 aromatic heterocycles. The van der Waals surface area contributed by atoms with Gasteiger partial charge in [-0.05, 0) is 37.7 Å². The number of likely N-dealkylation sites (tertiary alicyclic amines) is 1. The molecule has 2 heterocycles. The second-order valence-corrected chi connectivity index (χ2v) is 7.47. The minimum absolute atomic E-state index is 0.0776. The van der Waals surface area contributed by atoms with Crippen molar-refractivity contribution in [1.29, 1.82) is 0 Å². The first-order chi connectivity index (χ1) is 12.8. The lowest BCUT2D eigenvalue weighted by Crippen LogP contribution is -2.35. The summed E-state index contributed by atoms with van der Waals surface area (Å²) in [5, 5.41) is 12.5. The predicted octanol–water partition coefficient (Wildman–Crippen LogP) is 3.92. The molecule has 0 radical (unpaired) electrons. The number of anilines is 1. The third-order valence-electron chi connectivity index (χ3n) is 4.63. The fourth-order valence-corrected chi connectivity index (χ4v) is 3.95. The molecule has 0 bridgehead atoms. The Labute approximate surface area is 158 Å². The summed E-state index contributed by atoms with van der Waals surface area (Å²) in [6.45, 7) is 4.84. The number of ether oxygens (including phenoxy) is 1. The van der Waals surface area contributed by atoms with Gasteiger partial charge in [0.2, 0.25) is 5.13 Å². The molecular weight excluding hydrogens is 348 g/mol. The van der Waals surface area contributed by atoms with Crippen molar-refractivity contribution >= 4 is 22.5 Å². The van der Waals surface area contributed by atoms with Crippen molar-refractivity contribution in [2.75, 3.05) is 31.6 Å². The van der Waals surface area contributed by atoms with Crippen LogP contribution in [-0.2, 0) is 11.2 Å². The largest absolute Gasteiger partial charge is 0.381 e. The number of nitrogens with one attached hydrogen (secondary N) is 1. The van der Waals surface area contributed by atoms with E-state index < -0.39 is 0 Å². The van der Waals surface area contributed by atoms with Crippen LogP contribution in [0.15, 0.2) is 30.3 Å². The molecule has 1 unspecified atom stereocenters. The number of carbonyl (C=O) groups is 1. The highest BCUT2D eigenvalue weighted by Crippen LogP contribution is 2.28. The van der Waals surface area contributed by atoms with Gasteiger partial charge in [0.15, 0.2) is 0 Å². The Balaban J connectivity index is 1.50. The minimum atomic E-state index is -0.0776. The van der Waals surface area contributed by atoms with Crippen LogP contribution in [0.4, 0.5) is 9.93 Å². The van der Waals surface area contributed by atoms with Crippen LogP contribution >= 0.6 is 11.3 Å². The molecule has 1 atom stereocenters. The van der Waals surface area contributed by atoms with Gasteiger partial charge in [-0.2, -0.15) is 0 Å². The van der Waals surface area contributed by atoms with Crippen LogP contribution < -0.4 is 5.32 Å². The van der Waals surface area contributed by atoms with Crippen LogP contribution in [0.5, 0.6) is 0 Å². The number of amides is 2. The molecule has 3 rings (SSSR count). The van der Waals surface area contributed by atoms with E-state index in [4.69, 9.17) is 4.74 Å². The van der Waals surface area contributed by atoms with Gasteiger partial charge < -0.3 is 9.64 Å². The van der Waals surface area contributed by atoms with Crippen molar-refractivity contribution in [3.05, 3.63) is 40.9 Å². The lowest BCUT2D eigenvalue weighted by Gasteiger charge is -2.20. The van der Waals surface area contributed by atoms with E-state index in [-0.39, 0.29) is 6.03 Å². The summed E-state index contributed by atoms with van der Waals surface area (Å²) in [5.41, 5.74) is 1.37. The summed E-state index contributed by atoms with van der Waals surface area (Å²) in [4.78, 5) is 14.5. The summed E-state index contributed by atoms with van der Waals surface area (Å²) in [5.74, 6) is 0.528. The number of benzene rings is 1. The molecule has 1 saturated heterocycles. The zero-order valence-corrected chi connectivity index (χ0v) is 16.0. The van der Waals surface area contributed by atoms with Crippen LogP contribution in [0.3, 0.4) is 0 Å². The van der Waals surface area contributed by atoms with E-state index in [1.54, 1.807) is 0 Å². The number of rotatable bonds is 6. The smallest absolute Gasteiger partial charge is 0.323 e. The van der Waals surface area contributed by atoms with Crippen LogP contribution in [0.1, 0.15) is 42.7 Å². The quantitative estimate of drug-likeness (QED) is 0.778. The monoisotopic (exact) mass is 374 g/mol. The van der Waals surface area contributed by atoms with Crippen molar-refractivity contribution in [2.45, 2.75) is 38.5 Å². The Morgan fingerprint density at radius 1 is 1.27 bits per heavy atom. The summed E-state index contributed by atoms with van der Waals surface area (Å²) >= 11 is 1.42. The van der Waals surface area contributed by atoms with Gasteiger partial charge in [-0.3, -0.25) is 5.32 Å². The van der Waals surface area contributed by atoms with Crippen LogP contribution in [0.25, 0.3) is 0 Å². The molecule has 1 aliphatic heterocycles. The van der Waals surface area contributed by atoms with Crippen LogP contribution in [0.2, 0.25) is 0 Å². The number of carbonyl (C=O) groups excluding carboxylic acids is 1. The van der Waals surface area contributed by atoms with Crippen molar-refractivity contribution in [1.82, 2.24) is 15.1 Å². The molecule has 0 aliphatic carbocycles. The first-order valence-electron chi connectivity index (χ1n) is 9.27. The SMILES string of the molecule is CCOCCc1nnc(NC(=O)N2CCCC(c3ccccc3)CC2)s1. The Morgan fingerprint density at radius 3 is 2.92 bits per heavy atom. The van der Waals surface area contributed by atoms with E-state index in [9.17, 15) is 4.79 Å². The Kier molecular flexibility index (Phi) is 6.96. The van der Waals surface area contributed by atoms with Gasteiger partial charge in [-0.1, -0.05) is 41.7 Å². The molecule has 0 saturated carbocycles. The maximum atomic E-state index is 12.6. The molecule has 1 fully saturated rings. The van der Waals surface area contributed by atoms with E-state index in [1.807, 2.05) is 17.9 Å². The molecule has 2 amide bonds. The third kappa shape index (κ3) is 5.25. The topological polar surface area (TPSA) is 67.4 Å². The lowest BCUT2D eigenvalue weighted by atomic mass is 9.92. The van der Waals surface area contributed by atoms with Crippen molar-refractivity contribution in [2.24, 2.45) is 0 Å². The maximum absolute atomic E-state index is 12.6. The molecule has 26 heavy (non-hydrogen) atoms. The van der Waals surface area contributed by atoms with Crippen LogP contribution in [0, 0.1) is 0 Å². The molecule has 1 aliphatic rings. The number of nitrogens with zero attached hydrogens (tertiary/aromatic N) is 3. The van der Waals surface area contributed by atoms with Crippen LogP contribution in [-0.4, -0.2) is 47.4 Å². The normalized spacial score (nSPS) is 17.7. The highest BCUT2D eigenvalue weighted by Gasteiger charge is 2.22. The first kappa shape index (κ1) is 18.8. The first-order valence-corrected chi connectivity index (χ1v) is 10.1. The van der Waals surface area contributed by atoms with E-state index in [0.717, 1.165) is 43.8 Å². The highest BCUT2D eigenvalue weighted by atomic mass is 32.1. The Bertz CT molecular complexity index is 692. The fraction of sp³-hybridized carbons (Fsp3) is 0.526. The number of hydrogen-bond acceptors (Lipinski definition) is 5. The van der Waals surface area contributed by atoms with Gasteiger partial charge in [0.05, 0.1) is 6.61 Å². The molecule has 1 N–H and O–H groups in total. The summed E-state index contributed by atoms with van der Waals surface area (Å²) in [6, 6.07) is 10.5. The average molecular weight is 375 g/mol. The van der Waals surface area contributed by atoms with E-state index >= 15 is 0 Å². The summed E-state index contributed by atoms with van der Waals surface area (Å²) in [7, 11) is 0. The second kappa shape index (κ2) is 9.64. The van der Waals surface area contributed by atoms with Gasteiger partial charge in [0.25, 0.3) is 0 Å². The van der Waals surface area contributed by atoms with Gasteiger partial charge >= 0.3 is 6.03 Å². The van der Waals surface area contributed by atoms with E-state index in [1.165, 1.54) is 16.9 Å². The van der Waals surface area contributed by atoms with Gasteiger partial charge in [0, 0.05) is 26.1 Å². The fourth-order valence-electron chi connectivity index (χ4n) is 3.24. The summed E-state index contributed by atoms with van der Waals surface area (Å²) in [6.07, 6.45) is 3.86. The maximum Gasteiger partial charge on any atom is 0.323 e. The number of urea groups is 1. The molecule has 140 valence electrons. The minimum Gasteiger partial charge on any atom is -0.381 e. The second-order valence-electron chi connectivity index (χ2n) is 6.40. The Hall–Kier alpha value is -1.99. The van der Waals surface area contributed by atoms with Crippen molar-refractivity contribution in [3.63, 3.8) is 0 Å². The molecule has 6 nitrogen and oxygen atoms in total. The molecule has 0 spiro atoms. The third-order valence-corrected chi connectivity index (χ3v) is 5.53. The van der Waals surface area contributed by atoms with E-state index in [0.29, 0.717) is 24.3 Å². The lowest BCUT2D eigenvalue weighted by molar-refractivity contribution is 0.150. The van der Waals surface area contributed by atoms with Crippen molar-refractivity contribution in [3.8, 4) is 0 Å².